The molecule has 0 spiro atoms. The number of nitrogens with one attached hydrogen (secondary N) is 1. The molecule has 1 aliphatic heterocycles. The minimum atomic E-state index is -0.278. The number of likely N-dealkylation sites (tertiary alicyclic amines) is 1. The number of hydrogen-bond donors (Lipinski definition) is 1. The molecule has 2 amide bonds. The van der Waals surface area contributed by atoms with Crippen molar-refractivity contribution in [2.24, 2.45) is 0 Å². The molecule has 0 radical (unpaired) electrons. The van der Waals surface area contributed by atoms with Crippen LogP contribution >= 0.6 is 0 Å². The van der Waals surface area contributed by atoms with Gasteiger partial charge in [0, 0.05) is 31.5 Å². The molecule has 3 rings (SSSR count). The smallest absolute Gasteiger partial charge is 0.255 e. The molecule has 1 fully saturated rings. The van der Waals surface area contributed by atoms with Crippen LogP contribution in [0.5, 0.6) is 0 Å². The Bertz CT molecular complexity index is 823. The van der Waals surface area contributed by atoms with E-state index in [0.717, 1.165) is 37.8 Å². The first-order valence-corrected chi connectivity index (χ1v) is 9.87. The van der Waals surface area contributed by atoms with Crippen molar-refractivity contribution in [1.29, 1.82) is 0 Å². The minimum absolute atomic E-state index is 0.0555. The number of rotatable bonds is 6. The number of benzene rings is 1. The molecule has 1 N–H and O–H groups in total. The predicted octanol–water partition coefficient (Wildman–Crippen LogP) is 3.60. The van der Waals surface area contributed by atoms with Crippen LogP contribution in [0.3, 0.4) is 0 Å². The number of carbonyl (C=O) groups is 2. The summed E-state index contributed by atoms with van der Waals surface area (Å²) in [5.74, 6) is -0.602. The van der Waals surface area contributed by atoms with Gasteiger partial charge in [-0.3, -0.25) is 14.6 Å². The SMILES string of the molecule is CCC1CCCCN1C(=O)c1cncc(C(=O)NCCc2ccc(F)cc2)c1. The van der Waals surface area contributed by atoms with Crippen LogP contribution in [0.2, 0.25) is 0 Å². The average Bonchev–Trinajstić information content (AvgIpc) is 2.74. The van der Waals surface area contributed by atoms with Crippen molar-refractivity contribution in [3.8, 4) is 0 Å². The fourth-order valence-electron chi connectivity index (χ4n) is 3.61. The molecule has 1 aliphatic rings. The van der Waals surface area contributed by atoms with E-state index < -0.39 is 0 Å². The van der Waals surface area contributed by atoms with Crippen molar-refractivity contribution in [3.63, 3.8) is 0 Å². The highest BCUT2D eigenvalue weighted by Gasteiger charge is 2.26. The van der Waals surface area contributed by atoms with Crippen molar-refractivity contribution < 1.29 is 14.0 Å². The average molecular weight is 383 g/mol. The van der Waals surface area contributed by atoms with Gasteiger partial charge in [0.1, 0.15) is 5.82 Å². The Balaban J connectivity index is 1.60. The van der Waals surface area contributed by atoms with Gasteiger partial charge in [-0.15, -0.1) is 0 Å². The highest BCUT2D eigenvalue weighted by molar-refractivity contribution is 5.99. The van der Waals surface area contributed by atoms with Crippen molar-refractivity contribution >= 4 is 11.8 Å². The lowest BCUT2D eigenvalue weighted by atomic mass is 9.99. The van der Waals surface area contributed by atoms with Gasteiger partial charge < -0.3 is 10.2 Å². The lowest BCUT2D eigenvalue weighted by Gasteiger charge is -2.35. The van der Waals surface area contributed by atoms with E-state index in [1.165, 1.54) is 24.5 Å². The summed E-state index contributed by atoms with van der Waals surface area (Å²) in [6.07, 6.45) is 7.72. The Kier molecular flexibility index (Phi) is 6.74. The maximum absolute atomic E-state index is 12.9. The van der Waals surface area contributed by atoms with Gasteiger partial charge in [-0.25, -0.2) is 4.39 Å². The van der Waals surface area contributed by atoms with E-state index in [1.807, 2.05) is 4.90 Å². The number of piperidine rings is 1. The highest BCUT2D eigenvalue weighted by atomic mass is 19.1. The van der Waals surface area contributed by atoms with E-state index in [9.17, 15) is 14.0 Å². The molecule has 1 aromatic carbocycles. The van der Waals surface area contributed by atoms with E-state index in [0.29, 0.717) is 24.1 Å². The van der Waals surface area contributed by atoms with E-state index in [4.69, 9.17) is 0 Å². The summed E-state index contributed by atoms with van der Waals surface area (Å²) < 4.78 is 12.9. The molecule has 0 bridgehead atoms. The van der Waals surface area contributed by atoms with Crippen molar-refractivity contribution in [3.05, 3.63) is 65.2 Å². The highest BCUT2D eigenvalue weighted by Crippen LogP contribution is 2.21. The van der Waals surface area contributed by atoms with Gasteiger partial charge in [0.2, 0.25) is 0 Å². The number of pyridine rings is 1. The maximum atomic E-state index is 12.9. The Labute approximate surface area is 165 Å². The van der Waals surface area contributed by atoms with Crippen LogP contribution in [0, 0.1) is 5.82 Å². The monoisotopic (exact) mass is 383 g/mol. The molecule has 0 saturated carbocycles. The molecule has 6 heteroatoms. The van der Waals surface area contributed by atoms with E-state index in [-0.39, 0.29) is 23.7 Å². The second-order valence-corrected chi connectivity index (χ2v) is 7.15. The van der Waals surface area contributed by atoms with Gasteiger partial charge in [-0.05, 0) is 55.9 Å². The zero-order chi connectivity index (χ0) is 19.9. The number of hydrogen-bond acceptors (Lipinski definition) is 3. The summed E-state index contributed by atoms with van der Waals surface area (Å²) in [6.45, 7) is 3.28. The number of halogens is 1. The third-order valence-electron chi connectivity index (χ3n) is 5.22. The third kappa shape index (κ3) is 4.94. The van der Waals surface area contributed by atoms with Gasteiger partial charge >= 0.3 is 0 Å². The van der Waals surface area contributed by atoms with E-state index in [2.05, 4.69) is 17.2 Å². The molecule has 1 unspecified atom stereocenters. The van der Waals surface area contributed by atoms with Gasteiger partial charge in [0.25, 0.3) is 11.8 Å². The number of carbonyl (C=O) groups excluding carboxylic acids is 2. The molecule has 1 aromatic heterocycles. The van der Waals surface area contributed by atoms with Crippen LogP contribution in [-0.2, 0) is 6.42 Å². The fourth-order valence-corrected chi connectivity index (χ4v) is 3.61. The Hall–Kier alpha value is -2.76. The lowest BCUT2D eigenvalue weighted by Crippen LogP contribution is -2.43. The first kappa shape index (κ1) is 20.0. The molecule has 28 heavy (non-hydrogen) atoms. The van der Waals surface area contributed by atoms with Crippen LogP contribution in [0.25, 0.3) is 0 Å². The Morgan fingerprint density at radius 2 is 1.93 bits per heavy atom. The summed E-state index contributed by atoms with van der Waals surface area (Å²) >= 11 is 0. The van der Waals surface area contributed by atoms with Crippen LogP contribution in [0.15, 0.2) is 42.7 Å². The number of aromatic nitrogens is 1. The molecule has 0 aliphatic carbocycles. The molecule has 5 nitrogen and oxygen atoms in total. The van der Waals surface area contributed by atoms with Crippen LogP contribution in [0.1, 0.15) is 58.9 Å². The zero-order valence-electron chi connectivity index (χ0n) is 16.2. The maximum Gasteiger partial charge on any atom is 0.255 e. The summed E-state index contributed by atoms with van der Waals surface area (Å²) in [5.41, 5.74) is 1.76. The molecular formula is C22H26FN3O2. The normalized spacial score (nSPS) is 16.6. The molecule has 2 heterocycles. The molecule has 1 saturated heterocycles. The number of amides is 2. The predicted molar refractivity (Wildman–Crippen MR) is 106 cm³/mol. The summed E-state index contributed by atoms with van der Waals surface area (Å²) in [5, 5.41) is 2.83. The molecule has 2 aromatic rings. The van der Waals surface area contributed by atoms with E-state index >= 15 is 0 Å². The topological polar surface area (TPSA) is 62.3 Å². The minimum Gasteiger partial charge on any atom is -0.352 e. The van der Waals surface area contributed by atoms with Crippen molar-refractivity contribution in [2.45, 2.75) is 45.1 Å². The third-order valence-corrected chi connectivity index (χ3v) is 5.22. The largest absolute Gasteiger partial charge is 0.352 e. The molecule has 1 atom stereocenters. The van der Waals surface area contributed by atoms with Gasteiger partial charge in [0.15, 0.2) is 0 Å². The van der Waals surface area contributed by atoms with E-state index in [1.54, 1.807) is 18.2 Å². The van der Waals surface area contributed by atoms with Gasteiger partial charge in [-0.2, -0.15) is 0 Å². The summed E-state index contributed by atoms with van der Waals surface area (Å²) in [4.78, 5) is 31.3. The molecular weight excluding hydrogens is 357 g/mol. The van der Waals surface area contributed by atoms with Crippen LogP contribution < -0.4 is 5.32 Å². The second-order valence-electron chi connectivity index (χ2n) is 7.15. The first-order chi connectivity index (χ1) is 13.6. The molecule has 148 valence electrons. The summed E-state index contributed by atoms with van der Waals surface area (Å²) in [6, 6.07) is 8.08. The second kappa shape index (κ2) is 9.44. The van der Waals surface area contributed by atoms with Crippen LogP contribution in [-0.4, -0.2) is 40.8 Å². The van der Waals surface area contributed by atoms with Crippen LogP contribution in [0.4, 0.5) is 4.39 Å². The Morgan fingerprint density at radius 1 is 1.18 bits per heavy atom. The van der Waals surface area contributed by atoms with Crippen molar-refractivity contribution in [1.82, 2.24) is 15.2 Å². The zero-order valence-corrected chi connectivity index (χ0v) is 16.2. The fraction of sp³-hybridized carbons (Fsp3) is 0.409. The first-order valence-electron chi connectivity index (χ1n) is 9.87. The van der Waals surface area contributed by atoms with Gasteiger partial charge in [0.05, 0.1) is 11.1 Å². The van der Waals surface area contributed by atoms with Gasteiger partial charge in [-0.1, -0.05) is 19.1 Å². The Morgan fingerprint density at radius 3 is 2.68 bits per heavy atom. The number of nitrogens with zero attached hydrogens (tertiary/aromatic N) is 2. The lowest BCUT2D eigenvalue weighted by molar-refractivity contribution is 0.0607. The quantitative estimate of drug-likeness (QED) is 0.829. The van der Waals surface area contributed by atoms with Crippen molar-refractivity contribution in [2.75, 3.05) is 13.1 Å². The summed E-state index contributed by atoms with van der Waals surface area (Å²) in [7, 11) is 0. The standard InChI is InChI=1S/C22H26FN3O2/c1-2-20-5-3-4-12-26(20)22(28)18-13-17(14-24-15-18)21(27)25-11-10-16-6-8-19(23)9-7-16/h6-9,13-15,20H,2-5,10-12H2,1H3,(H,25,27).